The number of halogens is 2. The van der Waals surface area contributed by atoms with Crippen molar-refractivity contribution < 1.29 is 9.50 Å². The molecule has 0 spiro atoms. The van der Waals surface area contributed by atoms with Gasteiger partial charge in [-0.1, -0.05) is 12.1 Å². The fourth-order valence-electron chi connectivity index (χ4n) is 1.02. The Balaban J connectivity index is 2.91. The molecule has 1 aromatic rings. The Labute approximate surface area is 84.7 Å². The van der Waals surface area contributed by atoms with Crippen LogP contribution in [-0.4, -0.2) is 11.8 Å². The van der Waals surface area contributed by atoms with Gasteiger partial charge in [0.1, 0.15) is 0 Å². The van der Waals surface area contributed by atoms with E-state index in [1.165, 1.54) is 0 Å². The fraction of sp³-hybridized carbons (Fsp3) is 0.333. The summed E-state index contributed by atoms with van der Waals surface area (Å²) in [5.74, 6) is 0. The molecule has 0 unspecified atom stereocenters. The van der Waals surface area contributed by atoms with Crippen molar-refractivity contribution in [3.05, 3.63) is 32.9 Å². The van der Waals surface area contributed by atoms with Crippen molar-refractivity contribution in [2.75, 3.05) is 6.67 Å². The van der Waals surface area contributed by atoms with E-state index in [1.807, 2.05) is 18.2 Å². The van der Waals surface area contributed by atoms with Gasteiger partial charge in [-0.3, -0.25) is 4.39 Å². The molecule has 0 heterocycles. The SMILES string of the molecule is OCc1ccc(I)c(CCF)c1. The van der Waals surface area contributed by atoms with Gasteiger partial charge in [0.05, 0.1) is 13.3 Å². The summed E-state index contributed by atoms with van der Waals surface area (Å²) in [6.45, 7) is -0.318. The molecule has 0 radical (unpaired) electrons. The van der Waals surface area contributed by atoms with E-state index in [0.29, 0.717) is 6.42 Å². The lowest BCUT2D eigenvalue weighted by Gasteiger charge is -2.03. The van der Waals surface area contributed by atoms with Crippen LogP contribution >= 0.6 is 22.6 Å². The molecule has 0 fully saturated rings. The number of hydrogen-bond acceptors (Lipinski definition) is 1. The normalized spacial score (nSPS) is 10.2. The molecule has 1 N–H and O–H groups in total. The molecule has 0 bridgehead atoms. The van der Waals surface area contributed by atoms with Gasteiger partial charge in [-0.25, -0.2) is 0 Å². The molecule has 0 amide bonds. The van der Waals surface area contributed by atoms with Gasteiger partial charge < -0.3 is 5.11 Å². The number of rotatable bonds is 3. The molecular weight excluding hydrogens is 270 g/mol. The number of aliphatic hydroxyl groups is 1. The summed E-state index contributed by atoms with van der Waals surface area (Å²) >= 11 is 2.17. The zero-order valence-corrected chi connectivity index (χ0v) is 8.71. The van der Waals surface area contributed by atoms with Crippen LogP contribution in [0.4, 0.5) is 4.39 Å². The summed E-state index contributed by atoms with van der Waals surface area (Å²) in [5.41, 5.74) is 1.82. The van der Waals surface area contributed by atoms with Crippen LogP contribution in [0.1, 0.15) is 11.1 Å². The van der Waals surface area contributed by atoms with Crippen LogP contribution in [0.15, 0.2) is 18.2 Å². The quantitative estimate of drug-likeness (QED) is 0.842. The van der Waals surface area contributed by atoms with Gasteiger partial charge in [0.2, 0.25) is 0 Å². The second-order valence-electron chi connectivity index (χ2n) is 2.52. The number of aryl methyl sites for hydroxylation is 1. The van der Waals surface area contributed by atoms with Crippen molar-refractivity contribution in [3.63, 3.8) is 0 Å². The van der Waals surface area contributed by atoms with Crippen LogP contribution in [0.5, 0.6) is 0 Å². The molecule has 1 rings (SSSR count). The van der Waals surface area contributed by atoms with E-state index >= 15 is 0 Å². The molecule has 0 aliphatic heterocycles. The summed E-state index contributed by atoms with van der Waals surface area (Å²) in [5, 5.41) is 8.82. The van der Waals surface area contributed by atoms with Crippen LogP contribution < -0.4 is 0 Å². The second-order valence-corrected chi connectivity index (χ2v) is 3.69. The number of alkyl halides is 1. The van der Waals surface area contributed by atoms with Crippen LogP contribution in [0, 0.1) is 3.57 Å². The van der Waals surface area contributed by atoms with E-state index in [-0.39, 0.29) is 13.3 Å². The Morgan fingerprint density at radius 3 is 2.75 bits per heavy atom. The Bertz CT molecular complexity index is 263. The molecule has 0 aliphatic carbocycles. The molecule has 0 saturated carbocycles. The third-order valence-electron chi connectivity index (χ3n) is 1.66. The topological polar surface area (TPSA) is 20.2 Å². The highest BCUT2D eigenvalue weighted by molar-refractivity contribution is 14.1. The van der Waals surface area contributed by atoms with Crippen molar-refractivity contribution in [1.82, 2.24) is 0 Å². The standard InChI is InChI=1S/C9H10FIO/c10-4-3-8-5-7(6-12)1-2-9(8)11/h1-2,5,12H,3-4,6H2. The molecule has 0 atom stereocenters. The molecule has 66 valence electrons. The van der Waals surface area contributed by atoms with E-state index in [4.69, 9.17) is 5.11 Å². The van der Waals surface area contributed by atoms with Gasteiger partial charge >= 0.3 is 0 Å². The molecule has 0 saturated heterocycles. The van der Waals surface area contributed by atoms with E-state index in [9.17, 15) is 4.39 Å². The van der Waals surface area contributed by atoms with Crippen molar-refractivity contribution in [1.29, 1.82) is 0 Å². The Morgan fingerprint density at radius 2 is 2.17 bits per heavy atom. The first-order chi connectivity index (χ1) is 5.77. The van der Waals surface area contributed by atoms with E-state index < -0.39 is 0 Å². The van der Waals surface area contributed by atoms with Crippen LogP contribution in [0.3, 0.4) is 0 Å². The number of aliphatic hydroxyl groups excluding tert-OH is 1. The minimum Gasteiger partial charge on any atom is -0.392 e. The van der Waals surface area contributed by atoms with E-state index in [2.05, 4.69) is 22.6 Å². The lowest BCUT2D eigenvalue weighted by molar-refractivity contribution is 0.281. The Morgan fingerprint density at radius 1 is 1.42 bits per heavy atom. The fourth-order valence-corrected chi connectivity index (χ4v) is 1.63. The predicted octanol–water partition coefficient (Wildman–Crippen LogP) is 2.30. The zero-order chi connectivity index (χ0) is 8.97. The molecule has 1 aromatic carbocycles. The minimum absolute atomic E-state index is 0.0240. The smallest absolute Gasteiger partial charge is 0.0935 e. The maximum absolute atomic E-state index is 12.0. The first-order valence-corrected chi connectivity index (χ1v) is 4.80. The molecule has 12 heavy (non-hydrogen) atoms. The molecule has 3 heteroatoms. The number of benzene rings is 1. The molecule has 1 nitrogen and oxygen atoms in total. The highest BCUT2D eigenvalue weighted by Gasteiger charge is 2.00. The number of hydrogen-bond donors (Lipinski definition) is 1. The van der Waals surface area contributed by atoms with Gasteiger partial charge in [-0.15, -0.1) is 0 Å². The predicted molar refractivity (Wildman–Crippen MR) is 54.8 cm³/mol. The van der Waals surface area contributed by atoms with Crippen LogP contribution in [0.25, 0.3) is 0 Å². The lowest BCUT2D eigenvalue weighted by atomic mass is 10.1. The minimum atomic E-state index is -0.342. The maximum atomic E-state index is 12.0. The van der Waals surface area contributed by atoms with Gasteiger partial charge in [-0.2, -0.15) is 0 Å². The second kappa shape index (κ2) is 4.77. The first kappa shape index (κ1) is 9.92. The average molecular weight is 280 g/mol. The summed E-state index contributed by atoms with van der Waals surface area (Å²) < 4.78 is 13.1. The third kappa shape index (κ3) is 2.42. The average Bonchev–Trinajstić information content (AvgIpc) is 2.09. The highest BCUT2D eigenvalue weighted by Crippen LogP contribution is 2.15. The third-order valence-corrected chi connectivity index (χ3v) is 2.71. The van der Waals surface area contributed by atoms with Crippen molar-refractivity contribution in [2.45, 2.75) is 13.0 Å². The lowest BCUT2D eigenvalue weighted by Crippen LogP contribution is -1.93. The largest absolute Gasteiger partial charge is 0.392 e. The first-order valence-electron chi connectivity index (χ1n) is 3.72. The zero-order valence-electron chi connectivity index (χ0n) is 6.56. The monoisotopic (exact) mass is 280 g/mol. The van der Waals surface area contributed by atoms with Crippen LogP contribution in [0.2, 0.25) is 0 Å². The maximum Gasteiger partial charge on any atom is 0.0935 e. The summed E-state index contributed by atoms with van der Waals surface area (Å²) in [7, 11) is 0. The molecule has 0 aromatic heterocycles. The van der Waals surface area contributed by atoms with Gasteiger partial charge in [0.25, 0.3) is 0 Å². The molecule has 0 aliphatic rings. The summed E-state index contributed by atoms with van der Waals surface area (Å²) in [6.07, 6.45) is 0.437. The van der Waals surface area contributed by atoms with Gasteiger partial charge in [-0.05, 0) is 39.8 Å². The van der Waals surface area contributed by atoms with E-state index in [0.717, 1.165) is 14.7 Å². The van der Waals surface area contributed by atoms with Crippen molar-refractivity contribution >= 4 is 22.6 Å². The van der Waals surface area contributed by atoms with E-state index in [1.54, 1.807) is 0 Å². The molecular formula is C9H10FIO. The van der Waals surface area contributed by atoms with Gasteiger partial charge in [0, 0.05) is 9.99 Å². The Kier molecular flexibility index (Phi) is 3.94. The van der Waals surface area contributed by atoms with Crippen LogP contribution in [-0.2, 0) is 13.0 Å². The van der Waals surface area contributed by atoms with Crippen molar-refractivity contribution in [2.24, 2.45) is 0 Å². The highest BCUT2D eigenvalue weighted by atomic mass is 127. The Hall–Kier alpha value is -0.160. The van der Waals surface area contributed by atoms with Gasteiger partial charge in [0.15, 0.2) is 0 Å². The summed E-state index contributed by atoms with van der Waals surface area (Å²) in [4.78, 5) is 0. The summed E-state index contributed by atoms with van der Waals surface area (Å²) in [6, 6.07) is 5.60. The van der Waals surface area contributed by atoms with Crippen molar-refractivity contribution in [3.8, 4) is 0 Å².